The highest BCUT2D eigenvalue weighted by molar-refractivity contribution is 5.97. The van der Waals surface area contributed by atoms with Gasteiger partial charge < -0.3 is 10.2 Å². The molecule has 2 heterocycles. The fraction of sp³-hybridized carbons (Fsp3) is 0.304. The van der Waals surface area contributed by atoms with Crippen molar-refractivity contribution in [2.45, 2.75) is 13.3 Å². The number of aromatic nitrogens is 2. The Morgan fingerprint density at radius 1 is 0.967 bits per heavy atom. The van der Waals surface area contributed by atoms with Crippen LogP contribution in [0.2, 0.25) is 0 Å². The van der Waals surface area contributed by atoms with Crippen LogP contribution in [0.5, 0.6) is 0 Å². The largest absolute Gasteiger partial charge is 0.336 e. The smallest absolute Gasteiger partial charge is 0.254 e. The summed E-state index contributed by atoms with van der Waals surface area (Å²) < 4.78 is 0. The first-order chi connectivity index (χ1) is 14.6. The maximum Gasteiger partial charge on any atom is 0.254 e. The minimum atomic E-state index is -0.0243. The minimum Gasteiger partial charge on any atom is -0.336 e. The molecule has 1 saturated heterocycles. The number of hydrogen-bond acceptors (Lipinski definition) is 5. The summed E-state index contributed by atoms with van der Waals surface area (Å²) in [5.74, 6) is -0.0349. The first-order valence-corrected chi connectivity index (χ1v) is 10.2. The van der Waals surface area contributed by atoms with Crippen LogP contribution in [0.1, 0.15) is 22.8 Å². The predicted molar refractivity (Wildman–Crippen MR) is 116 cm³/mol. The Labute approximate surface area is 175 Å². The molecule has 0 aliphatic carbocycles. The van der Waals surface area contributed by atoms with Crippen molar-refractivity contribution in [3.63, 3.8) is 0 Å². The molecule has 7 heteroatoms. The Morgan fingerprint density at radius 2 is 1.70 bits per heavy atom. The van der Waals surface area contributed by atoms with Crippen molar-refractivity contribution in [2.75, 3.05) is 38.0 Å². The first-order valence-electron chi connectivity index (χ1n) is 10.2. The van der Waals surface area contributed by atoms with E-state index in [1.54, 1.807) is 24.5 Å². The number of aryl methyl sites for hydroxylation is 1. The summed E-state index contributed by atoms with van der Waals surface area (Å²) in [6, 6.07) is 13.3. The highest BCUT2D eigenvalue weighted by Crippen LogP contribution is 2.16. The number of rotatable bonds is 5. The van der Waals surface area contributed by atoms with Gasteiger partial charge in [0, 0.05) is 49.8 Å². The standard InChI is InChI=1S/C23H25N5O2/c1-2-17-5-3-4-6-19(17)26-22(29)16-27-11-13-28(14-12-27)23(30)18-7-8-20-21(15-18)25-10-9-24-20/h3-10,15H,2,11-14,16H2,1H3,(H,26,29). The van der Waals surface area contributed by atoms with Crippen molar-refractivity contribution in [2.24, 2.45) is 0 Å². The molecule has 0 radical (unpaired) electrons. The molecule has 1 N–H and O–H groups in total. The molecule has 1 fully saturated rings. The van der Waals surface area contributed by atoms with Crippen LogP contribution in [0, 0.1) is 0 Å². The van der Waals surface area contributed by atoms with Gasteiger partial charge in [-0.05, 0) is 36.2 Å². The van der Waals surface area contributed by atoms with Gasteiger partial charge in [0.25, 0.3) is 5.91 Å². The van der Waals surface area contributed by atoms with Crippen LogP contribution >= 0.6 is 0 Å². The highest BCUT2D eigenvalue weighted by Gasteiger charge is 2.23. The normalized spacial score (nSPS) is 14.6. The van der Waals surface area contributed by atoms with E-state index < -0.39 is 0 Å². The Balaban J connectivity index is 1.32. The Hall–Kier alpha value is -3.32. The molecule has 2 amide bonds. The fourth-order valence-electron chi connectivity index (χ4n) is 3.73. The zero-order valence-electron chi connectivity index (χ0n) is 17.0. The summed E-state index contributed by atoms with van der Waals surface area (Å²) in [6.45, 7) is 4.92. The van der Waals surface area contributed by atoms with E-state index in [0.717, 1.165) is 23.2 Å². The molecule has 0 atom stereocenters. The van der Waals surface area contributed by atoms with E-state index in [-0.39, 0.29) is 11.8 Å². The molecule has 0 saturated carbocycles. The molecular formula is C23H25N5O2. The summed E-state index contributed by atoms with van der Waals surface area (Å²) >= 11 is 0. The van der Waals surface area contributed by atoms with Crippen LogP contribution < -0.4 is 5.32 Å². The van der Waals surface area contributed by atoms with Gasteiger partial charge in [-0.1, -0.05) is 25.1 Å². The van der Waals surface area contributed by atoms with Crippen LogP contribution in [-0.4, -0.2) is 64.3 Å². The van der Waals surface area contributed by atoms with Crippen LogP contribution in [-0.2, 0) is 11.2 Å². The Bertz CT molecular complexity index is 1060. The molecule has 0 unspecified atom stereocenters. The number of nitrogens with one attached hydrogen (secondary N) is 1. The Morgan fingerprint density at radius 3 is 2.47 bits per heavy atom. The number of anilines is 1. The van der Waals surface area contributed by atoms with Crippen LogP contribution in [0.15, 0.2) is 54.9 Å². The van der Waals surface area contributed by atoms with Crippen molar-refractivity contribution in [1.29, 1.82) is 0 Å². The molecule has 2 aromatic carbocycles. The molecule has 30 heavy (non-hydrogen) atoms. The molecule has 7 nitrogen and oxygen atoms in total. The lowest BCUT2D eigenvalue weighted by Crippen LogP contribution is -2.50. The van der Waals surface area contributed by atoms with Crippen molar-refractivity contribution in [3.05, 3.63) is 66.0 Å². The second kappa shape index (κ2) is 9.00. The lowest BCUT2D eigenvalue weighted by molar-refractivity contribution is -0.117. The third-order valence-corrected chi connectivity index (χ3v) is 5.42. The number of nitrogens with zero attached hydrogens (tertiary/aromatic N) is 4. The monoisotopic (exact) mass is 403 g/mol. The first kappa shape index (κ1) is 20.0. The minimum absolute atomic E-state index is 0.0106. The number of para-hydroxylation sites is 1. The third-order valence-electron chi connectivity index (χ3n) is 5.42. The molecule has 0 bridgehead atoms. The average molecular weight is 403 g/mol. The molecule has 4 rings (SSSR count). The van der Waals surface area contributed by atoms with Crippen molar-refractivity contribution < 1.29 is 9.59 Å². The zero-order chi connectivity index (χ0) is 20.9. The maximum atomic E-state index is 12.9. The molecule has 3 aromatic rings. The van der Waals surface area contributed by atoms with E-state index in [2.05, 4.69) is 27.1 Å². The van der Waals surface area contributed by atoms with Gasteiger partial charge in [0.2, 0.25) is 5.91 Å². The van der Waals surface area contributed by atoms with Gasteiger partial charge in [0.15, 0.2) is 0 Å². The zero-order valence-corrected chi connectivity index (χ0v) is 17.0. The highest BCUT2D eigenvalue weighted by atomic mass is 16.2. The number of carbonyl (C=O) groups is 2. The number of amides is 2. The van der Waals surface area contributed by atoms with Gasteiger partial charge in [-0.25, -0.2) is 0 Å². The van der Waals surface area contributed by atoms with Crippen LogP contribution in [0.25, 0.3) is 11.0 Å². The van der Waals surface area contributed by atoms with Gasteiger partial charge in [-0.2, -0.15) is 0 Å². The molecule has 0 spiro atoms. The SMILES string of the molecule is CCc1ccccc1NC(=O)CN1CCN(C(=O)c2ccc3nccnc3c2)CC1. The summed E-state index contributed by atoms with van der Waals surface area (Å²) in [4.78, 5) is 37.8. The maximum absolute atomic E-state index is 12.9. The topological polar surface area (TPSA) is 78.4 Å². The number of hydrogen-bond donors (Lipinski definition) is 1. The van der Waals surface area contributed by atoms with E-state index >= 15 is 0 Å². The van der Waals surface area contributed by atoms with Gasteiger partial charge in [0.1, 0.15) is 0 Å². The third kappa shape index (κ3) is 4.46. The predicted octanol–water partition coefficient (Wildman–Crippen LogP) is 2.59. The van der Waals surface area contributed by atoms with Crippen LogP contribution in [0.4, 0.5) is 5.69 Å². The lowest BCUT2D eigenvalue weighted by atomic mass is 10.1. The summed E-state index contributed by atoms with van der Waals surface area (Å²) in [5, 5.41) is 3.01. The quantitative estimate of drug-likeness (QED) is 0.708. The van der Waals surface area contributed by atoms with E-state index in [1.165, 1.54) is 0 Å². The van der Waals surface area contributed by atoms with Crippen molar-refractivity contribution >= 4 is 28.5 Å². The summed E-state index contributed by atoms with van der Waals surface area (Å²) in [6.07, 6.45) is 4.14. The van der Waals surface area contributed by atoms with E-state index in [9.17, 15) is 9.59 Å². The molecule has 1 aliphatic heterocycles. The lowest BCUT2D eigenvalue weighted by Gasteiger charge is -2.34. The van der Waals surface area contributed by atoms with Crippen molar-refractivity contribution in [3.8, 4) is 0 Å². The second-order valence-electron chi connectivity index (χ2n) is 7.39. The molecule has 1 aliphatic rings. The van der Waals surface area contributed by atoms with Crippen molar-refractivity contribution in [1.82, 2.24) is 19.8 Å². The van der Waals surface area contributed by atoms with Gasteiger partial charge in [0.05, 0.1) is 17.6 Å². The average Bonchev–Trinajstić information content (AvgIpc) is 2.79. The Kier molecular flexibility index (Phi) is 5.99. The molecular weight excluding hydrogens is 378 g/mol. The fourth-order valence-corrected chi connectivity index (χ4v) is 3.73. The second-order valence-corrected chi connectivity index (χ2v) is 7.39. The number of benzene rings is 2. The summed E-state index contributed by atoms with van der Waals surface area (Å²) in [5.41, 5.74) is 4.10. The van der Waals surface area contributed by atoms with Gasteiger partial charge >= 0.3 is 0 Å². The number of carbonyl (C=O) groups excluding carboxylic acids is 2. The van der Waals surface area contributed by atoms with E-state index in [1.807, 2.05) is 35.2 Å². The number of fused-ring (bicyclic) bond motifs is 1. The summed E-state index contributed by atoms with van der Waals surface area (Å²) in [7, 11) is 0. The molecule has 1 aromatic heterocycles. The van der Waals surface area contributed by atoms with Gasteiger partial charge in [-0.3, -0.25) is 24.5 Å². The number of piperazine rings is 1. The molecule has 154 valence electrons. The van der Waals surface area contributed by atoms with Crippen LogP contribution in [0.3, 0.4) is 0 Å². The van der Waals surface area contributed by atoms with Gasteiger partial charge in [-0.15, -0.1) is 0 Å². The van der Waals surface area contributed by atoms with E-state index in [4.69, 9.17) is 0 Å². The van der Waals surface area contributed by atoms with E-state index in [0.29, 0.717) is 43.8 Å².